The lowest BCUT2D eigenvalue weighted by Crippen LogP contribution is -3.00. The number of aromatic nitrogens is 2. The first-order valence-electron chi connectivity index (χ1n) is 11.4. The lowest BCUT2D eigenvalue weighted by Gasteiger charge is -2.49. The molecule has 0 radical (unpaired) electrons. The highest BCUT2D eigenvalue weighted by atomic mass is 79.9. The highest BCUT2D eigenvalue weighted by molar-refractivity contribution is 5.83. The highest BCUT2D eigenvalue weighted by Gasteiger charge is 2.55. The van der Waals surface area contributed by atoms with Crippen LogP contribution in [0.25, 0.3) is 0 Å². The number of fused-ring (bicyclic) bond motifs is 3. The van der Waals surface area contributed by atoms with Gasteiger partial charge in [0.1, 0.15) is 6.54 Å². The molecule has 4 fully saturated rings. The van der Waals surface area contributed by atoms with E-state index in [1.54, 1.807) is 24.4 Å². The molecule has 2 bridgehead atoms. The summed E-state index contributed by atoms with van der Waals surface area (Å²) < 4.78 is 11.4. The summed E-state index contributed by atoms with van der Waals surface area (Å²) >= 11 is 0. The molecule has 2 N–H and O–H groups in total. The number of halogens is 1. The maximum Gasteiger partial charge on any atom is 0.422 e. The number of nitrogens with one attached hydrogen (secondary N) is 1. The van der Waals surface area contributed by atoms with Gasteiger partial charge in [-0.05, 0) is 31.0 Å². The third-order valence-electron chi connectivity index (χ3n) is 7.63. The number of nitrogens with zero attached hydrogens (tertiary/aromatic N) is 3. The van der Waals surface area contributed by atoms with Crippen LogP contribution in [0, 0.1) is 11.8 Å². The molecule has 2 aromatic rings. The highest BCUT2D eigenvalue weighted by Crippen LogP contribution is 2.43. The number of aliphatic hydroxyl groups is 1. The molecule has 1 saturated carbocycles. The van der Waals surface area contributed by atoms with Crippen LogP contribution in [0.3, 0.4) is 0 Å². The number of rotatable bonds is 5. The number of furan rings is 1. The number of carbonyl (C=O) groups excluding carboxylic acids is 2. The number of carbonyl (C=O) groups is 2. The van der Waals surface area contributed by atoms with E-state index in [9.17, 15) is 14.7 Å². The van der Waals surface area contributed by atoms with Crippen LogP contribution in [0.5, 0.6) is 0 Å². The summed E-state index contributed by atoms with van der Waals surface area (Å²) in [4.78, 5) is 26.6. The molecular weight excluding hydrogens is 492 g/mol. The number of piperidine rings is 3. The largest absolute Gasteiger partial charge is 1.00 e. The second kappa shape index (κ2) is 9.52. The Kier molecular flexibility index (Phi) is 6.88. The fourth-order valence-corrected chi connectivity index (χ4v) is 5.72. The second-order valence-corrected chi connectivity index (χ2v) is 9.35. The van der Waals surface area contributed by atoms with Gasteiger partial charge in [0, 0.05) is 36.4 Å². The Morgan fingerprint density at radius 2 is 1.94 bits per heavy atom. The van der Waals surface area contributed by atoms with Crippen LogP contribution in [0.4, 0.5) is 10.6 Å². The third kappa shape index (κ3) is 4.31. The molecule has 9 nitrogen and oxygen atoms in total. The summed E-state index contributed by atoms with van der Waals surface area (Å²) in [5.74, 6) is -0.226. The predicted molar refractivity (Wildman–Crippen MR) is 113 cm³/mol. The van der Waals surface area contributed by atoms with E-state index in [4.69, 9.17) is 9.15 Å². The van der Waals surface area contributed by atoms with Crippen molar-refractivity contribution in [3.8, 4) is 0 Å². The Labute approximate surface area is 202 Å². The van der Waals surface area contributed by atoms with E-state index in [0.29, 0.717) is 31.0 Å². The van der Waals surface area contributed by atoms with Crippen molar-refractivity contribution in [1.29, 1.82) is 0 Å². The third-order valence-corrected chi connectivity index (χ3v) is 7.63. The van der Waals surface area contributed by atoms with Crippen molar-refractivity contribution in [2.75, 3.05) is 25.0 Å². The minimum Gasteiger partial charge on any atom is -1.00 e. The van der Waals surface area contributed by atoms with Gasteiger partial charge in [-0.25, -0.2) is 14.1 Å². The molecule has 6 rings (SSSR count). The van der Waals surface area contributed by atoms with Crippen molar-refractivity contribution in [2.45, 2.75) is 50.2 Å². The maximum atomic E-state index is 13.4. The predicted octanol–water partition coefficient (Wildman–Crippen LogP) is -0.164. The van der Waals surface area contributed by atoms with Crippen LogP contribution in [0.15, 0.2) is 41.3 Å². The molecule has 0 aromatic carbocycles. The second-order valence-electron chi connectivity index (χ2n) is 9.35. The fourth-order valence-electron chi connectivity index (χ4n) is 5.72. The van der Waals surface area contributed by atoms with Gasteiger partial charge in [-0.3, -0.25) is 5.32 Å². The number of ether oxygens (including phenoxy) is 1. The molecule has 10 heteroatoms. The first kappa shape index (κ1) is 23.8. The molecule has 1 unspecified atom stereocenters. The number of quaternary nitrogens is 1. The van der Waals surface area contributed by atoms with Gasteiger partial charge in [0.15, 0.2) is 17.5 Å². The van der Waals surface area contributed by atoms with Crippen molar-refractivity contribution >= 4 is 17.8 Å². The van der Waals surface area contributed by atoms with E-state index < -0.39 is 17.7 Å². The molecule has 2 atom stereocenters. The smallest absolute Gasteiger partial charge is 0.422 e. The average molecular weight is 521 g/mol. The lowest BCUT2D eigenvalue weighted by atomic mass is 9.80. The summed E-state index contributed by atoms with van der Waals surface area (Å²) in [6.45, 7) is 1.79. The van der Waals surface area contributed by atoms with Gasteiger partial charge in [-0.2, -0.15) is 5.10 Å². The summed E-state index contributed by atoms with van der Waals surface area (Å²) in [6.07, 6.45) is 9.11. The van der Waals surface area contributed by atoms with E-state index in [2.05, 4.69) is 15.5 Å². The summed E-state index contributed by atoms with van der Waals surface area (Å²) in [5, 5.41) is 22.2. The molecule has 4 aliphatic rings. The number of hydrogen-bond acceptors (Lipinski definition) is 7. The standard InChI is InChI=1S/C23H28N4O5.BrH/c28-21(23(30,17-4-1-2-5-17)18-9-13-31-15-18)32-19-14-27(11-7-16(19)8-12-27)22(29)25-20-6-3-10-24-26-20;/h3,6,9-10,13,15-17,19,30H,1-2,4-5,7-8,11-12,14H2;1H/t16?,19-,23?,27?;/m0./s1. The molecule has 1 aliphatic carbocycles. The van der Waals surface area contributed by atoms with E-state index in [-0.39, 0.29) is 39.3 Å². The van der Waals surface area contributed by atoms with E-state index in [1.807, 2.05) is 0 Å². The number of esters is 1. The molecule has 0 spiro atoms. The number of urea groups is 1. The molecule has 3 aliphatic heterocycles. The van der Waals surface area contributed by atoms with Gasteiger partial charge in [-0.1, -0.05) is 12.8 Å². The first-order valence-corrected chi connectivity index (χ1v) is 11.4. The monoisotopic (exact) mass is 520 g/mol. The van der Waals surface area contributed by atoms with Crippen molar-refractivity contribution in [1.82, 2.24) is 10.2 Å². The van der Waals surface area contributed by atoms with Crippen LogP contribution in [-0.2, 0) is 15.1 Å². The Bertz CT molecular complexity index is 958. The molecule has 178 valence electrons. The van der Waals surface area contributed by atoms with E-state index in [0.717, 1.165) is 38.5 Å². The molecule has 2 amide bonds. The molecule has 2 aromatic heterocycles. The molecule has 5 heterocycles. The number of anilines is 1. The average Bonchev–Trinajstić information content (AvgIpc) is 3.55. The van der Waals surface area contributed by atoms with Crippen LogP contribution in [0.2, 0.25) is 0 Å². The molecule has 3 saturated heterocycles. The van der Waals surface area contributed by atoms with E-state index >= 15 is 0 Å². The molecule has 33 heavy (non-hydrogen) atoms. The summed E-state index contributed by atoms with van der Waals surface area (Å²) in [7, 11) is 0. The maximum absolute atomic E-state index is 13.4. The first-order chi connectivity index (χ1) is 15.5. The zero-order valence-electron chi connectivity index (χ0n) is 18.4. The van der Waals surface area contributed by atoms with Gasteiger partial charge >= 0.3 is 12.0 Å². The minimum atomic E-state index is -1.72. The summed E-state index contributed by atoms with van der Waals surface area (Å²) in [6, 6.07) is 4.89. The Morgan fingerprint density at radius 3 is 2.58 bits per heavy atom. The Morgan fingerprint density at radius 1 is 1.18 bits per heavy atom. The zero-order valence-corrected chi connectivity index (χ0v) is 19.9. The van der Waals surface area contributed by atoms with Gasteiger partial charge in [-0.15, -0.1) is 5.10 Å². The van der Waals surface area contributed by atoms with Crippen LogP contribution in [-0.4, -0.2) is 57.5 Å². The van der Waals surface area contributed by atoms with Gasteiger partial charge in [0.05, 0.1) is 25.6 Å². The van der Waals surface area contributed by atoms with Gasteiger partial charge < -0.3 is 31.2 Å². The minimum absolute atomic E-state index is 0. The van der Waals surface area contributed by atoms with Crippen molar-refractivity contribution < 1.29 is 45.3 Å². The normalized spacial score (nSPS) is 28.5. The van der Waals surface area contributed by atoms with Crippen molar-refractivity contribution in [3.63, 3.8) is 0 Å². The lowest BCUT2D eigenvalue weighted by molar-refractivity contribution is -0.869. The number of hydrogen-bond donors (Lipinski definition) is 2. The number of amides is 2. The van der Waals surface area contributed by atoms with Crippen LogP contribution in [0.1, 0.15) is 44.1 Å². The Balaban J connectivity index is 0.00000259. The SMILES string of the molecule is O=C(O[C@H]1C[N+]2(C(=O)Nc3cccnn3)CCC1CC2)C(O)(c1ccoc1)C1CCCC1.[Br-]. The fraction of sp³-hybridized carbons (Fsp3) is 0.565. The zero-order chi connectivity index (χ0) is 22.2. The quantitative estimate of drug-likeness (QED) is 0.415. The van der Waals surface area contributed by atoms with E-state index in [1.165, 1.54) is 12.5 Å². The van der Waals surface area contributed by atoms with Crippen molar-refractivity contribution in [3.05, 3.63) is 42.5 Å². The van der Waals surface area contributed by atoms with Crippen molar-refractivity contribution in [2.24, 2.45) is 11.8 Å². The molecular formula is C23H29BrN4O5. The topological polar surface area (TPSA) is 115 Å². The van der Waals surface area contributed by atoms with Crippen LogP contribution >= 0.6 is 0 Å². The van der Waals surface area contributed by atoms with Crippen LogP contribution < -0.4 is 22.3 Å². The Hall–Kier alpha value is -2.30. The van der Waals surface area contributed by atoms with Gasteiger partial charge in [0.25, 0.3) is 0 Å². The summed E-state index contributed by atoms with van der Waals surface area (Å²) in [5.41, 5.74) is -1.28. The van der Waals surface area contributed by atoms with Gasteiger partial charge in [0.2, 0.25) is 0 Å².